The lowest BCUT2D eigenvalue weighted by atomic mass is 10.0. The largest absolute Gasteiger partial charge is 0.416 e. The van der Waals surface area contributed by atoms with Crippen LogP contribution in [0.2, 0.25) is 0 Å². The molecule has 1 heterocycles. The van der Waals surface area contributed by atoms with Crippen LogP contribution in [-0.4, -0.2) is 9.55 Å². The minimum absolute atomic E-state index is 0.415. The van der Waals surface area contributed by atoms with Crippen LogP contribution < -0.4 is 11.3 Å². The third-order valence-electron chi connectivity index (χ3n) is 3.35. The van der Waals surface area contributed by atoms with Gasteiger partial charge in [0.15, 0.2) is 0 Å². The molecule has 0 aliphatic heterocycles. The molecule has 4 nitrogen and oxygen atoms in total. The maximum Gasteiger partial charge on any atom is 0.416 e. The molecule has 0 fully saturated rings. The molecule has 1 aromatic carbocycles. The van der Waals surface area contributed by atoms with Crippen molar-refractivity contribution in [1.29, 1.82) is 0 Å². The van der Waals surface area contributed by atoms with Crippen LogP contribution in [0.4, 0.5) is 13.2 Å². The van der Waals surface area contributed by atoms with E-state index in [1.54, 1.807) is 12.3 Å². The van der Waals surface area contributed by atoms with E-state index in [1.165, 1.54) is 6.07 Å². The molecule has 114 valence electrons. The predicted molar refractivity (Wildman–Crippen MR) is 73.1 cm³/mol. The molecule has 0 aliphatic carbocycles. The zero-order valence-electron chi connectivity index (χ0n) is 11.6. The first-order chi connectivity index (χ1) is 9.95. The smallest absolute Gasteiger partial charge is 0.335 e. The number of aromatic nitrogens is 2. The van der Waals surface area contributed by atoms with E-state index in [9.17, 15) is 13.2 Å². The number of nitrogens with two attached hydrogens (primary N) is 1. The van der Waals surface area contributed by atoms with Gasteiger partial charge in [-0.25, -0.2) is 4.98 Å². The van der Waals surface area contributed by atoms with Crippen LogP contribution in [0.1, 0.15) is 29.9 Å². The highest BCUT2D eigenvalue weighted by Gasteiger charge is 2.31. The lowest BCUT2D eigenvalue weighted by Crippen LogP contribution is -2.30. The predicted octanol–water partition coefficient (Wildman–Crippen LogP) is 2.67. The first-order valence-corrected chi connectivity index (χ1v) is 6.59. The van der Waals surface area contributed by atoms with Crippen molar-refractivity contribution in [1.82, 2.24) is 15.0 Å². The van der Waals surface area contributed by atoms with Gasteiger partial charge in [-0.1, -0.05) is 12.1 Å². The third kappa shape index (κ3) is 3.62. The Labute approximate surface area is 120 Å². The molecule has 0 saturated carbocycles. The van der Waals surface area contributed by atoms with E-state index in [0.29, 0.717) is 12.0 Å². The Kier molecular flexibility index (Phi) is 4.64. The normalized spacial score (nSPS) is 13.4. The summed E-state index contributed by atoms with van der Waals surface area (Å²) in [5.41, 5.74) is 2.37. The van der Waals surface area contributed by atoms with Gasteiger partial charge in [0, 0.05) is 25.4 Å². The van der Waals surface area contributed by atoms with Crippen molar-refractivity contribution >= 4 is 0 Å². The van der Waals surface area contributed by atoms with Crippen LogP contribution in [0.5, 0.6) is 0 Å². The van der Waals surface area contributed by atoms with Crippen LogP contribution >= 0.6 is 0 Å². The van der Waals surface area contributed by atoms with Gasteiger partial charge >= 0.3 is 6.18 Å². The minimum Gasteiger partial charge on any atom is -0.335 e. The summed E-state index contributed by atoms with van der Waals surface area (Å²) in [5, 5.41) is 0. The average Bonchev–Trinajstić information content (AvgIpc) is 2.91. The minimum atomic E-state index is -4.36. The number of hydrazine groups is 1. The summed E-state index contributed by atoms with van der Waals surface area (Å²) in [6.07, 6.45) is -0.455. The number of aryl methyl sites for hydroxylation is 1. The molecule has 0 spiro atoms. The van der Waals surface area contributed by atoms with Gasteiger partial charge < -0.3 is 4.57 Å². The number of nitrogens with one attached hydrogen (secondary N) is 1. The quantitative estimate of drug-likeness (QED) is 0.659. The van der Waals surface area contributed by atoms with Crippen molar-refractivity contribution in [3.8, 4) is 0 Å². The summed E-state index contributed by atoms with van der Waals surface area (Å²) in [5.74, 6) is 6.28. The van der Waals surface area contributed by atoms with Crippen molar-refractivity contribution in [2.75, 3.05) is 0 Å². The average molecular weight is 298 g/mol. The first-order valence-electron chi connectivity index (χ1n) is 6.59. The van der Waals surface area contributed by atoms with Gasteiger partial charge in [-0.2, -0.15) is 13.2 Å². The van der Waals surface area contributed by atoms with Crippen LogP contribution in [0, 0.1) is 0 Å². The van der Waals surface area contributed by atoms with Crippen molar-refractivity contribution in [2.24, 2.45) is 5.84 Å². The Morgan fingerprint density at radius 3 is 2.76 bits per heavy atom. The van der Waals surface area contributed by atoms with E-state index in [4.69, 9.17) is 5.84 Å². The molecule has 1 atom stereocenters. The van der Waals surface area contributed by atoms with E-state index >= 15 is 0 Å². The molecule has 0 amide bonds. The molecule has 2 rings (SSSR count). The summed E-state index contributed by atoms with van der Waals surface area (Å²) in [6, 6.07) is 4.74. The second-order valence-corrected chi connectivity index (χ2v) is 4.68. The molecule has 7 heteroatoms. The lowest BCUT2D eigenvalue weighted by molar-refractivity contribution is -0.137. The highest BCUT2D eigenvalue weighted by atomic mass is 19.4. The standard InChI is InChI=1S/C14H17F3N4/c1-2-21-7-6-19-13(21)9-12(20-18)10-4-3-5-11(8-10)14(15,16)17/h3-8,12,20H,2,9,18H2,1H3. The van der Waals surface area contributed by atoms with Gasteiger partial charge in [-0.15, -0.1) is 0 Å². The molecule has 3 N–H and O–H groups in total. The molecular weight excluding hydrogens is 281 g/mol. The van der Waals surface area contributed by atoms with Crippen LogP contribution in [0.15, 0.2) is 36.7 Å². The number of hydrogen-bond acceptors (Lipinski definition) is 3. The Hall–Kier alpha value is -1.86. The van der Waals surface area contributed by atoms with Crippen molar-refractivity contribution in [2.45, 2.75) is 32.1 Å². The van der Waals surface area contributed by atoms with E-state index in [1.807, 2.05) is 17.7 Å². The number of rotatable bonds is 5. The molecule has 0 radical (unpaired) electrons. The van der Waals surface area contributed by atoms with Crippen LogP contribution in [0.25, 0.3) is 0 Å². The fraction of sp³-hybridized carbons (Fsp3) is 0.357. The molecule has 1 aromatic heterocycles. The maximum absolute atomic E-state index is 12.8. The Balaban J connectivity index is 2.25. The van der Waals surface area contributed by atoms with Crippen molar-refractivity contribution < 1.29 is 13.2 Å². The summed E-state index contributed by atoms with van der Waals surface area (Å²) < 4.78 is 40.2. The van der Waals surface area contributed by atoms with Gasteiger partial charge in [0.25, 0.3) is 0 Å². The maximum atomic E-state index is 12.8. The molecular formula is C14H17F3N4. The highest BCUT2D eigenvalue weighted by molar-refractivity contribution is 5.28. The fourth-order valence-electron chi connectivity index (χ4n) is 2.21. The van der Waals surface area contributed by atoms with Gasteiger partial charge in [0.2, 0.25) is 0 Å². The van der Waals surface area contributed by atoms with E-state index in [2.05, 4.69) is 10.4 Å². The summed E-state index contributed by atoms with van der Waals surface area (Å²) >= 11 is 0. The van der Waals surface area contributed by atoms with Crippen LogP contribution in [-0.2, 0) is 19.1 Å². The second-order valence-electron chi connectivity index (χ2n) is 4.68. The highest BCUT2D eigenvalue weighted by Crippen LogP contribution is 2.31. The Bertz CT molecular complexity index is 592. The monoisotopic (exact) mass is 298 g/mol. The molecule has 0 bridgehead atoms. The number of hydrogen-bond donors (Lipinski definition) is 2. The molecule has 21 heavy (non-hydrogen) atoms. The molecule has 0 saturated heterocycles. The lowest BCUT2D eigenvalue weighted by Gasteiger charge is -2.18. The number of halogens is 3. The molecule has 0 aliphatic rings. The summed E-state index contributed by atoms with van der Waals surface area (Å²) in [4.78, 5) is 4.22. The Morgan fingerprint density at radius 2 is 2.14 bits per heavy atom. The first kappa shape index (κ1) is 15.5. The van der Waals surface area contributed by atoms with Crippen molar-refractivity contribution in [3.05, 3.63) is 53.6 Å². The SMILES string of the molecule is CCn1ccnc1CC(NN)c1cccc(C(F)(F)F)c1. The van der Waals surface area contributed by atoms with Crippen molar-refractivity contribution in [3.63, 3.8) is 0 Å². The topological polar surface area (TPSA) is 55.9 Å². The molecule has 1 unspecified atom stereocenters. The number of nitrogens with zero attached hydrogens (tertiary/aromatic N) is 2. The van der Waals surface area contributed by atoms with Gasteiger partial charge in [0.05, 0.1) is 11.6 Å². The summed E-state index contributed by atoms with van der Waals surface area (Å²) in [6.45, 7) is 2.72. The van der Waals surface area contributed by atoms with E-state index < -0.39 is 17.8 Å². The fourth-order valence-corrected chi connectivity index (χ4v) is 2.21. The zero-order valence-corrected chi connectivity index (χ0v) is 11.6. The second kappa shape index (κ2) is 6.28. The van der Waals surface area contributed by atoms with Crippen LogP contribution in [0.3, 0.4) is 0 Å². The van der Waals surface area contributed by atoms with E-state index in [0.717, 1.165) is 24.5 Å². The Morgan fingerprint density at radius 1 is 1.38 bits per heavy atom. The summed E-state index contributed by atoms with van der Waals surface area (Å²) in [7, 11) is 0. The van der Waals surface area contributed by atoms with E-state index in [-0.39, 0.29) is 0 Å². The zero-order chi connectivity index (χ0) is 15.5. The number of benzene rings is 1. The van der Waals surface area contributed by atoms with Gasteiger partial charge in [-0.3, -0.25) is 11.3 Å². The van der Waals surface area contributed by atoms with Gasteiger partial charge in [-0.05, 0) is 24.6 Å². The van der Waals surface area contributed by atoms with Gasteiger partial charge in [0.1, 0.15) is 5.82 Å². The third-order valence-corrected chi connectivity index (χ3v) is 3.35. The number of imidazole rings is 1. The molecule has 2 aromatic rings. The number of alkyl halides is 3.